The van der Waals surface area contributed by atoms with Crippen LogP contribution in [0.5, 0.6) is 0 Å². The van der Waals surface area contributed by atoms with Crippen LogP contribution in [0.3, 0.4) is 0 Å². The minimum absolute atomic E-state index is 0.159. The third kappa shape index (κ3) is 3.00. The van der Waals surface area contributed by atoms with Gasteiger partial charge in [0.05, 0.1) is 23.5 Å². The fraction of sp³-hybridized carbons (Fsp3) is 0.364. The zero-order valence-electron chi connectivity index (χ0n) is 9.20. The summed E-state index contributed by atoms with van der Waals surface area (Å²) in [6, 6.07) is 5.76. The summed E-state index contributed by atoms with van der Waals surface area (Å²) in [5, 5.41) is 38.3. The van der Waals surface area contributed by atoms with E-state index in [9.17, 15) is 20.3 Å². The van der Waals surface area contributed by atoms with Crippen molar-refractivity contribution in [1.29, 1.82) is 5.26 Å². The van der Waals surface area contributed by atoms with Gasteiger partial charge in [-0.2, -0.15) is 5.26 Å². The molecule has 90 valence electrons. The predicted molar refractivity (Wildman–Crippen MR) is 59.0 cm³/mol. The van der Waals surface area contributed by atoms with Crippen LogP contribution < -0.4 is 0 Å². The molecule has 0 bridgehead atoms. The number of hydrogen-bond acceptors (Lipinski definition) is 5. The minimum atomic E-state index is -1.30. The van der Waals surface area contributed by atoms with E-state index < -0.39 is 17.1 Å². The van der Waals surface area contributed by atoms with E-state index in [0.29, 0.717) is 5.56 Å². The van der Waals surface area contributed by atoms with Crippen LogP contribution >= 0.6 is 0 Å². The van der Waals surface area contributed by atoms with Gasteiger partial charge in [-0.3, -0.25) is 10.1 Å². The molecule has 0 spiro atoms. The number of nitrogens with zero attached hydrogens (tertiary/aromatic N) is 2. The molecule has 1 aromatic rings. The van der Waals surface area contributed by atoms with Gasteiger partial charge in [-0.05, 0) is 18.1 Å². The monoisotopic (exact) mass is 236 g/mol. The van der Waals surface area contributed by atoms with Crippen LogP contribution in [0.15, 0.2) is 18.2 Å². The lowest BCUT2D eigenvalue weighted by molar-refractivity contribution is -0.385. The standard InChI is InChI=1S/C11H12N2O4/c1-7-2-3-8(13(16)17)6-9(7)11(15)10(14)4-5-12/h2-3,6,10-11,14-15H,4H2,1H3. The maximum absolute atomic E-state index is 10.6. The van der Waals surface area contributed by atoms with Gasteiger partial charge < -0.3 is 10.2 Å². The van der Waals surface area contributed by atoms with E-state index in [2.05, 4.69) is 0 Å². The van der Waals surface area contributed by atoms with Gasteiger partial charge >= 0.3 is 0 Å². The Labute approximate surface area is 97.9 Å². The summed E-state index contributed by atoms with van der Waals surface area (Å²) in [5.41, 5.74) is 0.732. The molecule has 2 atom stereocenters. The average Bonchev–Trinajstić information content (AvgIpc) is 2.28. The molecule has 0 aliphatic rings. The molecular weight excluding hydrogens is 224 g/mol. The Bertz CT molecular complexity index is 467. The van der Waals surface area contributed by atoms with Gasteiger partial charge in [0.15, 0.2) is 0 Å². The molecule has 0 saturated heterocycles. The largest absolute Gasteiger partial charge is 0.389 e. The van der Waals surface area contributed by atoms with Crippen LogP contribution in [0.2, 0.25) is 0 Å². The molecule has 0 aromatic heterocycles. The molecule has 1 rings (SSSR count). The first kappa shape index (κ1) is 13.1. The predicted octanol–water partition coefficient (Wildman–Crippen LogP) is 1.21. The van der Waals surface area contributed by atoms with Crippen molar-refractivity contribution in [3.63, 3.8) is 0 Å². The second-order valence-electron chi connectivity index (χ2n) is 3.67. The molecule has 0 aliphatic carbocycles. The minimum Gasteiger partial charge on any atom is -0.389 e. The number of aryl methyl sites for hydroxylation is 1. The van der Waals surface area contributed by atoms with E-state index in [4.69, 9.17) is 5.26 Å². The summed E-state index contributed by atoms with van der Waals surface area (Å²) >= 11 is 0. The summed E-state index contributed by atoms with van der Waals surface area (Å²) in [5.74, 6) is 0. The lowest BCUT2D eigenvalue weighted by Crippen LogP contribution is -2.18. The van der Waals surface area contributed by atoms with Crippen molar-refractivity contribution in [3.05, 3.63) is 39.4 Å². The Morgan fingerprint density at radius 1 is 1.53 bits per heavy atom. The van der Waals surface area contributed by atoms with Crippen molar-refractivity contribution in [2.45, 2.75) is 25.6 Å². The molecule has 17 heavy (non-hydrogen) atoms. The third-order valence-corrected chi connectivity index (χ3v) is 2.46. The van der Waals surface area contributed by atoms with E-state index in [1.54, 1.807) is 13.0 Å². The highest BCUT2D eigenvalue weighted by atomic mass is 16.6. The number of nitro groups is 1. The second kappa shape index (κ2) is 5.39. The Kier molecular flexibility index (Phi) is 4.15. The summed E-state index contributed by atoms with van der Waals surface area (Å²) in [7, 11) is 0. The molecule has 2 unspecified atom stereocenters. The molecule has 0 saturated carbocycles. The number of nitriles is 1. The van der Waals surface area contributed by atoms with Gasteiger partial charge in [0, 0.05) is 12.1 Å². The average molecular weight is 236 g/mol. The molecular formula is C11H12N2O4. The van der Waals surface area contributed by atoms with Crippen molar-refractivity contribution in [1.82, 2.24) is 0 Å². The third-order valence-electron chi connectivity index (χ3n) is 2.46. The topological polar surface area (TPSA) is 107 Å². The van der Waals surface area contributed by atoms with Crippen LogP contribution in [0.1, 0.15) is 23.7 Å². The lowest BCUT2D eigenvalue weighted by atomic mass is 9.97. The van der Waals surface area contributed by atoms with E-state index in [0.717, 1.165) is 0 Å². The normalized spacial score (nSPS) is 13.8. The van der Waals surface area contributed by atoms with Gasteiger partial charge in [-0.15, -0.1) is 0 Å². The number of rotatable bonds is 4. The fourth-order valence-corrected chi connectivity index (χ4v) is 1.47. The van der Waals surface area contributed by atoms with E-state index in [-0.39, 0.29) is 17.7 Å². The molecule has 6 heteroatoms. The van der Waals surface area contributed by atoms with Crippen LogP contribution in [0.25, 0.3) is 0 Å². The van der Waals surface area contributed by atoms with Gasteiger partial charge in [-0.1, -0.05) is 6.07 Å². The molecule has 0 fully saturated rings. The van der Waals surface area contributed by atoms with Gasteiger partial charge in [0.25, 0.3) is 5.69 Å². The van der Waals surface area contributed by atoms with Crippen molar-refractivity contribution < 1.29 is 15.1 Å². The van der Waals surface area contributed by atoms with Crippen LogP contribution in [-0.2, 0) is 0 Å². The highest BCUT2D eigenvalue weighted by molar-refractivity contribution is 5.40. The Morgan fingerprint density at radius 3 is 2.71 bits per heavy atom. The summed E-state index contributed by atoms with van der Waals surface area (Å²) in [6.45, 7) is 1.67. The molecule has 2 N–H and O–H groups in total. The maximum Gasteiger partial charge on any atom is 0.269 e. The summed E-state index contributed by atoms with van der Waals surface area (Å²) < 4.78 is 0. The van der Waals surface area contributed by atoms with Crippen molar-refractivity contribution in [2.24, 2.45) is 0 Å². The van der Waals surface area contributed by atoms with Crippen LogP contribution in [-0.4, -0.2) is 21.2 Å². The van der Waals surface area contributed by atoms with E-state index >= 15 is 0 Å². The zero-order chi connectivity index (χ0) is 13.0. The number of benzene rings is 1. The first-order chi connectivity index (χ1) is 7.97. The molecule has 6 nitrogen and oxygen atoms in total. The van der Waals surface area contributed by atoms with Gasteiger partial charge in [0.2, 0.25) is 0 Å². The van der Waals surface area contributed by atoms with Crippen molar-refractivity contribution in [3.8, 4) is 6.07 Å². The van der Waals surface area contributed by atoms with Crippen LogP contribution in [0, 0.1) is 28.4 Å². The highest BCUT2D eigenvalue weighted by Gasteiger charge is 2.22. The Balaban J connectivity index is 3.08. The number of nitro benzene ring substituents is 1. The lowest BCUT2D eigenvalue weighted by Gasteiger charge is -2.17. The van der Waals surface area contributed by atoms with E-state index in [1.807, 2.05) is 0 Å². The molecule has 1 aromatic carbocycles. The Hall–Kier alpha value is -1.97. The maximum atomic E-state index is 10.6. The first-order valence-electron chi connectivity index (χ1n) is 4.95. The molecule has 0 radical (unpaired) electrons. The number of aliphatic hydroxyl groups excluding tert-OH is 2. The van der Waals surface area contributed by atoms with Gasteiger partial charge in [-0.25, -0.2) is 0 Å². The fourth-order valence-electron chi connectivity index (χ4n) is 1.47. The molecule has 0 aliphatic heterocycles. The summed E-state index contributed by atoms with van der Waals surface area (Å²) in [4.78, 5) is 10.0. The van der Waals surface area contributed by atoms with Crippen LogP contribution in [0.4, 0.5) is 5.69 Å². The second-order valence-corrected chi connectivity index (χ2v) is 3.67. The number of hydrogen-bond donors (Lipinski definition) is 2. The molecule has 0 amide bonds. The summed E-state index contributed by atoms with van der Waals surface area (Å²) in [6.07, 6.45) is -2.78. The van der Waals surface area contributed by atoms with Crippen molar-refractivity contribution >= 4 is 5.69 Å². The Morgan fingerprint density at radius 2 is 2.18 bits per heavy atom. The zero-order valence-corrected chi connectivity index (χ0v) is 9.20. The smallest absolute Gasteiger partial charge is 0.269 e. The molecule has 0 heterocycles. The number of non-ortho nitro benzene ring substituents is 1. The first-order valence-corrected chi connectivity index (χ1v) is 4.95. The van der Waals surface area contributed by atoms with E-state index in [1.165, 1.54) is 18.2 Å². The van der Waals surface area contributed by atoms with Gasteiger partial charge in [0.1, 0.15) is 6.10 Å². The highest BCUT2D eigenvalue weighted by Crippen LogP contribution is 2.26. The quantitative estimate of drug-likeness (QED) is 0.603. The number of aliphatic hydroxyl groups is 2. The van der Waals surface area contributed by atoms with Crippen molar-refractivity contribution in [2.75, 3.05) is 0 Å². The SMILES string of the molecule is Cc1ccc([N+](=O)[O-])cc1C(O)C(O)CC#N.